The quantitative estimate of drug-likeness (QED) is 0.380. The van der Waals surface area contributed by atoms with Gasteiger partial charge in [0.05, 0.1) is 17.0 Å². The topological polar surface area (TPSA) is 50.5 Å². The zero-order chi connectivity index (χ0) is 21.0. The molecule has 0 radical (unpaired) electrons. The Morgan fingerprint density at radius 3 is 2.37 bits per heavy atom. The molecule has 148 valence electrons. The Balaban J connectivity index is 1.81. The maximum absolute atomic E-state index is 13.6. The van der Waals surface area contributed by atoms with Crippen molar-refractivity contribution in [3.05, 3.63) is 110 Å². The Hall–Kier alpha value is -3.25. The average molecular weight is 464 g/mol. The number of benzene rings is 3. The van der Waals surface area contributed by atoms with Crippen LogP contribution in [0.25, 0.3) is 11.0 Å². The first-order chi connectivity index (χ1) is 14.4. The fraction of sp³-hybridized carbons (Fsp3) is 0.0833. The lowest BCUT2D eigenvalue weighted by Crippen LogP contribution is -2.29. The van der Waals surface area contributed by atoms with Gasteiger partial charge in [0.25, 0.3) is 5.91 Å². The van der Waals surface area contributed by atoms with Crippen LogP contribution in [0.5, 0.6) is 0 Å². The zero-order valence-electron chi connectivity index (χ0n) is 15.9. The van der Waals surface area contributed by atoms with Gasteiger partial charge < -0.3 is 4.42 Å². The van der Waals surface area contributed by atoms with E-state index < -0.39 is 11.9 Å². The summed E-state index contributed by atoms with van der Waals surface area (Å²) in [6, 6.07) is 17.7. The monoisotopic (exact) mass is 463 g/mol. The molecule has 0 N–H and O–H groups in total. The van der Waals surface area contributed by atoms with Crippen LogP contribution in [0.2, 0.25) is 0 Å². The van der Waals surface area contributed by atoms with Crippen molar-refractivity contribution in [2.24, 2.45) is 0 Å². The van der Waals surface area contributed by atoms with Gasteiger partial charge in [0.2, 0.25) is 5.76 Å². The number of hydrogen-bond donors (Lipinski definition) is 0. The smallest absolute Gasteiger partial charge is 0.295 e. The van der Waals surface area contributed by atoms with Gasteiger partial charge in [-0.1, -0.05) is 45.8 Å². The number of carbonyl (C=O) groups is 1. The summed E-state index contributed by atoms with van der Waals surface area (Å²) in [4.78, 5) is 28.4. The van der Waals surface area contributed by atoms with Crippen molar-refractivity contribution in [2.75, 3.05) is 4.90 Å². The van der Waals surface area contributed by atoms with E-state index in [0.717, 1.165) is 10.0 Å². The van der Waals surface area contributed by atoms with Crippen molar-refractivity contribution in [3.8, 4) is 0 Å². The SMILES string of the molecule is Cc1ccc(N2C(=O)c3oc4ccc(Br)cc4c(=O)c3C2c2ccc(F)cc2)cc1. The summed E-state index contributed by atoms with van der Waals surface area (Å²) in [5, 5.41) is 0.383. The van der Waals surface area contributed by atoms with Gasteiger partial charge in [0.1, 0.15) is 11.4 Å². The Bertz CT molecular complexity index is 1360. The van der Waals surface area contributed by atoms with Gasteiger partial charge in [-0.2, -0.15) is 0 Å². The third-order valence-corrected chi connectivity index (χ3v) is 5.82. The van der Waals surface area contributed by atoms with Crippen LogP contribution in [0.4, 0.5) is 10.1 Å². The second kappa shape index (κ2) is 6.92. The van der Waals surface area contributed by atoms with E-state index in [9.17, 15) is 14.0 Å². The molecule has 6 heteroatoms. The number of hydrogen-bond acceptors (Lipinski definition) is 3. The summed E-state index contributed by atoms with van der Waals surface area (Å²) in [7, 11) is 0. The molecule has 3 aromatic carbocycles. The number of amides is 1. The highest BCUT2D eigenvalue weighted by Crippen LogP contribution is 2.41. The molecular formula is C24H15BrFNO3. The Kier molecular flexibility index (Phi) is 4.33. The minimum atomic E-state index is -0.713. The second-order valence-corrected chi connectivity index (χ2v) is 8.19. The number of fused-ring (bicyclic) bond motifs is 2. The van der Waals surface area contributed by atoms with Crippen LogP contribution in [-0.4, -0.2) is 5.91 Å². The second-order valence-electron chi connectivity index (χ2n) is 7.28. The summed E-state index contributed by atoms with van der Waals surface area (Å²) >= 11 is 3.38. The molecule has 1 amide bonds. The molecule has 30 heavy (non-hydrogen) atoms. The molecule has 2 heterocycles. The van der Waals surface area contributed by atoms with Crippen molar-refractivity contribution in [1.82, 2.24) is 0 Å². The van der Waals surface area contributed by atoms with E-state index in [2.05, 4.69) is 15.9 Å². The van der Waals surface area contributed by atoms with E-state index in [0.29, 0.717) is 22.2 Å². The van der Waals surface area contributed by atoms with Crippen molar-refractivity contribution in [2.45, 2.75) is 13.0 Å². The number of nitrogens with zero attached hydrogens (tertiary/aromatic N) is 1. The third-order valence-electron chi connectivity index (χ3n) is 5.33. The maximum atomic E-state index is 13.6. The standard InChI is InChI=1S/C24H15BrFNO3/c1-13-2-9-17(10-3-13)27-21(14-4-7-16(26)8-5-14)20-22(28)18-12-15(25)6-11-19(18)30-23(20)24(27)29/h2-12,21H,1H3. The highest BCUT2D eigenvalue weighted by atomic mass is 79.9. The number of carbonyl (C=O) groups excluding carboxylic acids is 1. The molecule has 4 nitrogen and oxygen atoms in total. The van der Waals surface area contributed by atoms with Crippen LogP contribution in [0, 0.1) is 12.7 Å². The van der Waals surface area contributed by atoms with E-state index in [-0.39, 0.29) is 22.6 Å². The lowest BCUT2D eigenvalue weighted by molar-refractivity contribution is 0.0971. The van der Waals surface area contributed by atoms with Crippen LogP contribution in [0.3, 0.4) is 0 Å². The van der Waals surface area contributed by atoms with Crippen LogP contribution in [0.15, 0.2) is 80.4 Å². The Morgan fingerprint density at radius 2 is 1.67 bits per heavy atom. The van der Waals surface area contributed by atoms with Gasteiger partial charge in [0, 0.05) is 10.2 Å². The van der Waals surface area contributed by atoms with E-state index in [4.69, 9.17) is 4.42 Å². The minimum absolute atomic E-state index is 0.0183. The molecule has 0 bridgehead atoms. The van der Waals surface area contributed by atoms with E-state index in [1.807, 2.05) is 31.2 Å². The van der Waals surface area contributed by atoms with Gasteiger partial charge in [-0.05, 0) is 55.0 Å². The molecule has 1 aliphatic heterocycles. The van der Waals surface area contributed by atoms with Crippen LogP contribution < -0.4 is 10.3 Å². The molecule has 0 saturated heterocycles. The zero-order valence-corrected chi connectivity index (χ0v) is 17.4. The van der Waals surface area contributed by atoms with Gasteiger partial charge in [-0.15, -0.1) is 0 Å². The Morgan fingerprint density at radius 1 is 0.967 bits per heavy atom. The first kappa shape index (κ1) is 18.8. The summed E-state index contributed by atoms with van der Waals surface area (Å²) < 4.78 is 20.2. The molecule has 1 aromatic heterocycles. The maximum Gasteiger partial charge on any atom is 0.295 e. The molecule has 0 aliphatic carbocycles. The van der Waals surface area contributed by atoms with Gasteiger partial charge in [0.15, 0.2) is 5.43 Å². The van der Waals surface area contributed by atoms with Crippen LogP contribution in [0.1, 0.15) is 33.3 Å². The predicted molar refractivity (Wildman–Crippen MR) is 116 cm³/mol. The largest absolute Gasteiger partial charge is 0.450 e. The highest BCUT2D eigenvalue weighted by molar-refractivity contribution is 9.10. The lowest BCUT2D eigenvalue weighted by Gasteiger charge is -2.25. The summed E-state index contributed by atoms with van der Waals surface area (Å²) in [6.45, 7) is 1.96. The number of rotatable bonds is 2. The molecular weight excluding hydrogens is 449 g/mol. The first-order valence-electron chi connectivity index (χ1n) is 9.36. The molecule has 1 aliphatic rings. The normalized spacial score (nSPS) is 15.6. The van der Waals surface area contributed by atoms with E-state index >= 15 is 0 Å². The molecule has 0 spiro atoms. The highest BCUT2D eigenvalue weighted by Gasteiger charge is 2.43. The van der Waals surface area contributed by atoms with Crippen molar-refractivity contribution in [1.29, 1.82) is 0 Å². The molecule has 4 aromatic rings. The van der Waals surface area contributed by atoms with Crippen molar-refractivity contribution < 1.29 is 13.6 Å². The number of halogens is 2. The van der Waals surface area contributed by atoms with Crippen LogP contribution >= 0.6 is 15.9 Å². The predicted octanol–water partition coefficient (Wildman–Crippen LogP) is 5.75. The van der Waals surface area contributed by atoms with E-state index in [1.54, 1.807) is 30.3 Å². The number of anilines is 1. The first-order valence-corrected chi connectivity index (χ1v) is 10.2. The van der Waals surface area contributed by atoms with Gasteiger partial charge >= 0.3 is 0 Å². The van der Waals surface area contributed by atoms with E-state index in [1.165, 1.54) is 17.0 Å². The third kappa shape index (κ3) is 2.87. The fourth-order valence-corrected chi connectivity index (χ4v) is 4.24. The van der Waals surface area contributed by atoms with Crippen LogP contribution in [-0.2, 0) is 0 Å². The Labute approximate surface area is 179 Å². The van der Waals surface area contributed by atoms with Gasteiger partial charge in [-0.3, -0.25) is 14.5 Å². The van der Waals surface area contributed by atoms with Crippen molar-refractivity contribution >= 4 is 38.5 Å². The lowest BCUT2D eigenvalue weighted by atomic mass is 9.98. The molecule has 1 atom stereocenters. The molecule has 1 unspecified atom stereocenters. The minimum Gasteiger partial charge on any atom is -0.450 e. The fourth-order valence-electron chi connectivity index (χ4n) is 3.88. The average Bonchev–Trinajstić information content (AvgIpc) is 3.03. The molecule has 0 saturated carbocycles. The molecule has 5 rings (SSSR count). The summed E-state index contributed by atoms with van der Waals surface area (Å²) in [5.41, 5.74) is 2.65. The van der Waals surface area contributed by atoms with Gasteiger partial charge in [-0.25, -0.2) is 4.39 Å². The van der Waals surface area contributed by atoms with Crippen molar-refractivity contribution in [3.63, 3.8) is 0 Å². The number of aryl methyl sites for hydroxylation is 1. The molecule has 0 fully saturated rings. The summed E-state index contributed by atoms with van der Waals surface area (Å²) in [5.74, 6) is -0.769. The summed E-state index contributed by atoms with van der Waals surface area (Å²) in [6.07, 6.45) is 0.